The molecule has 0 saturated carbocycles. The van der Waals surface area contributed by atoms with Crippen LogP contribution in [0.1, 0.15) is 18.1 Å². The second kappa shape index (κ2) is 9.56. The second-order valence-corrected chi connectivity index (χ2v) is 6.22. The summed E-state index contributed by atoms with van der Waals surface area (Å²) in [6, 6.07) is 13.8. The van der Waals surface area contributed by atoms with Gasteiger partial charge in [0.05, 0.1) is 6.61 Å². The summed E-state index contributed by atoms with van der Waals surface area (Å²) in [6.07, 6.45) is -5.10. The molecule has 1 amide bonds. The van der Waals surface area contributed by atoms with Crippen molar-refractivity contribution in [2.75, 3.05) is 13.7 Å². The van der Waals surface area contributed by atoms with Crippen molar-refractivity contribution in [3.05, 3.63) is 71.8 Å². The van der Waals surface area contributed by atoms with Gasteiger partial charge in [-0.05, 0) is 12.5 Å². The fraction of sp³-hybridized carbons (Fsp3) is 0.333. The number of nitrogens with one attached hydrogen (secondary N) is 1. The predicted molar refractivity (Wildman–Crippen MR) is 99.9 cm³/mol. The van der Waals surface area contributed by atoms with Crippen LogP contribution in [-0.4, -0.2) is 37.8 Å². The van der Waals surface area contributed by atoms with Gasteiger partial charge in [0.1, 0.15) is 6.04 Å². The summed E-state index contributed by atoms with van der Waals surface area (Å²) in [4.78, 5) is 25.2. The van der Waals surface area contributed by atoms with E-state index in [2.05, 4.69) is 5.32 Å². The van der Waals surface area contributed by atoms with E-state index in [1.807, 2.05) is 0 Å². The van der Waals surface area contributed by atoms with Crippen LogP contribution in [0.4, 0.5) is 13.2 Å². The number of methoxy groups -OCH3 is 1. The largest absolute Gasteiger partial charge is 0.464 e. The Balaban J connectivity index is 2.41. The smallest absolute Gasteiger partial charge is 0.430 e. The van der Waals surface area contributed by atoms with Gasteiger partial charge in [-0.1, -0.05) is 60.7 Å². The Hall–Kier alpha value is -2.87. The van der Waals surface area contributed by atoms with Gasteiger partial charge in [-0.25, -0.2) is 4.79 Å². The van der Waals surface area contributed by atoms with E-state index >= 15 is 0 Å². The van der Waals surface area contributed by atoms with Gasteiger partial charge in [0.15, 0.2) is 0 Å². The Morgan fingerprint density at radius 2 is 1.55 bits per heavy atom. The molecule has 2 aromatic carbocycles. The van der Waals surface area contributed by atoms with Gasteiger partial charge in [-0.2, -0.15) is 13.2 Å². The molecule has 1 N–H and O–H groups in total. The van der Waals surface area contributed by atoms with E-state index in [0.29, 0.717) is 5.56 Å². The SMILES string of the molecule is CCOC(=O)[C@@H](Cc1ccccc1)NC(=O)[C@](OC)(c1ccccc1)C(F)(F)F. The maximum absolute atomic E-state index is 14.0. The third-order valence-electron chi connectivity index (χ3n) is 4.36. The summed E-state index contributed by atoms with van der Waals surface area (Å²) in [5.74, 6) is -2.32. The van der Waals surface area contributed by atoms with Crippen LogP contribution in [0.3, 0.4) is 0 Å². The lowest BCUT2D eigenvalue weighted by atomic mass is 9.91. The molecule has 2 aromatic rings. The molecule has 156 valence electrons. The zero-order chi connectivity index (χ0) is 21.5. The van der Waals surface area contributed by atoms with E-state index in [1.165, 1.54) is 18.2 Å². The molecular weight excluding hydrogens is 387 g/mol. The van der Waals surface area contributed by atoms with Crippen molar-refractivity contribution in [2.45, 2.75) is 31.2 Å². The van der Waals surface area contributed by atoms with Crippen LogP contribution in [-0.2, 0) is 31.1 Å². The maximum atomic E-state index is 14.0. The van der Waals surface area contributed by atoms with Crippen molar-refractivity contribution in [3.8, 4) is 0 Å². The number of carbonyl (C=O) groups is 2. The first-order valence-corrected chi connectivity index (χ1v) is 8.95. The Labute approximate surface area is 166 Å². The molecule has 0 aliphatic rings. The predicted octanol–water partition coefficient (Wildman–Crippen LogP) is 3.38. The molecule has 0 bridgehead atoms. The fourth-order valence-electron chi connectivity index (χ4n) is 2.97. The molecule has 5 nitrogen and oxygen atoms in total. The van der Waals surface area contributed by atoms with E-state index in [0.717, 1.165) is 19.2 Å². The molecule has 0 aliphatic heterocycles. The minimum atomic E-state index is -5.07. The first kappa shape index (κ1) is 22.4. The molecule has 8 heteroatoms. The van der Waals surface area contributed by atoms with Crippen LogP contribution in [0.25, 0.3) is 0 Å². The van der Waals surface area contributed by atoms with Crippen molar-refractivity contribution < 1.29 is 32.2 Å². The summed E-state index contributed by atoms with van der Waals surface area (Å²) in [6.45, 7) is 1.59. The van der Waals surface area contributed by atoms with E-state index in [1.54, 1.807) is 37.3 Å². The summed E-state index contributed by atoms with van der Waals surface area (Å²) in [5.41, 5.74) is -3.01. The molecule has 0 saturated heterocycles. The van der Waals surface area contributed by atoms with Crippen molar-refractivity contribution in [3.63, 3.8) is 0 Å². The van der Waals surface area contributed by atoms with Crippen LogP contribution in [0.15, 0.2) is 60.7 Å². The molecule has 0 heterocycles. The molecule has 0 fully saturated rings. The molecule has 0 aromatic heterocycles. The van der Waals surface area contributed by atoms with E-state index in [9.17, 15) is 22.8 Å². The fourth-order valence-corrected chi connectivity index (χ4v) is 2.97. The van der Waals surface area contributed by atoms with Crippen molar-refractivity contribution >= 4 is 11.9 Å². The lowest BCUT2D eigenvalue weighted by Gasteiger charge is -2.34. The second-order valence-electron chi connectivity index (χ2n) is 6.22. The lowest BCUT2D eigenvalue weighted by Crippen LogP contribution is -2.59. The summed E-state index contributed by atoms with van der Waals surface area (Å²) in [5, 5.41) is 2.19. The third kappa shape index (κ3) is 4.95. The van der Waals surface area contributed by atoms with Crippen LogP contribution in [0.2, 0.25) is 0 Å². The van der Waals surface area contributed by atoms with Crippen molar-refractivity contribution in [1.82, 2.24) is 5.32 Å². The van der Waals surface area contributed by atoms with Gasteiger partial charge in [0.2, 0.25) is 0 Å². The van der Waals surface area contributed by atoms with Crippen LogP contribution >= 0.6 is 0 Å². The molecule has 2 rings (SSSR count). The zero-order valence-corrected chi connectivity index (χ0v) is 16.0. The maximum Gasteiger partial charge on any atom is 0.430 e. The standard InChI is InChI=1S/C21H22F3NO4/c1-3-29-18(26)17(14-15-10-6-4-7-11-15)25-19(27)20(28-2,21(22,23)24)16-12-8-5-9-13-16/h4-13,17H,3,14H2,1-2H3,(H,25,27)/t17-,20-/m1/s1. The Kier molecular flexibility index (Phi) is 7.39. The average molecular weight is 409 g/mol. The number of amides is 1. The Morgan fingerprint density at radius 3 is 2.03 bits per heavy atom. The van der Waals surface area contributed by atoms with Gasteiger partial charge >= 0.3 is 12.1 Å². The average Bonchev–Trinajstić information content (AvgIpc) is 2.69. The number of esters is 1. The van der Waals surface area contributed by atoms with E-state index < -0.39 is 35.3 Å². The Morgan fingerprint density at radius 1 is 1.00 bits per heavy atom. The molecule has 0 radical (unpaired) electrons. The highest BCUT2D eigenvalue weighted by molar-refractivity contribution is 5.91. The molecule has 2 atom stereocenters. The van der Waals surface area contributed by atoms with Crippen molar-refractivity contribution in [2.24, 2.45) is 0 Å². The quantitative estimate of drug-likeness (QED) is 0.679. The number of rotatable bonds is 8. The molecular formula is C21H22F3NO4. The van der Waals surface area contributed by atoms with Crippen LogP contribution in [0, 0.1) is 0 Å². The molecule has 0 spiro atoms. The van der Waals surface area contributed by atoms with Crippen molar-refractivity contribution in [1.29, 1.82) is 0 Å². The van der Waals surface area contributed by atoms with Crippen LogP contribution < -0.4 is 5.32 Å². The lowest BCUT2D eigenvalue weighted by molar-refractivity contribution is -0.266. The first-order chi connectivity index (χ1) is 13.8. The number of carbonyl (C=O) groups excluding carboxylic acids is 2. The summed E-state index contributed by atoms with van der Waals surface area (Å²) in [7, 11) is 0.802. The van der Waals surface area contributed by atoms with Gasteiger partial charge in [-0.15, -0.1) is 0 Å². The highest BCUT2D eigenvalue weighted by atomic mass is 19.4. The number of benzene rings is 2. The minimum Gasteiger partial charge on any atom is -0.464 e. The van der Waals surface area contributed by atoms with Gasteiger partial charge < -0.3 is 14.8 Å². The number of hydrogen-bond donors (Lipinski definition) is 1. The van der Waals surface area contributed by atoms with E-state index in [-0.39, 0.29) is 13.0 Å². The van der Waals surface area contributed by atoms with Gasteiger partial charge in [0.25, 0.3) is 11.5 Å². The minimum absolute atomic E-state index is 0.0212. The Bertz CT molecular complexity index is 812. The highest BCUT2D eigenvalue weighted by Gasteiger charge is 2.63. The normalized spacial score (nSPS) is 14.5. The summed E-state index contributed by atoms with van der Waals surface area (Å²) >= 11 is 0. The zero-order valence-electron chi connectivity index (χ0n) is 16.0. The molecule has 0 unspecified atom stereocenters. The summed E-state index contributed by atoms with van der Waals surface area (Å²) < 4.78 is 51.8. The number of ether oxygens (including phenoxy) is 2. The number of halogens is 3. The molecule has 29 heavy (non-hydrogen) atoms. The topological polar surface area (TPSA) is 64.6 Å². The number of alkyl halides is 3. The van der Waals surface area contributed by atoms with E-state index in [4.69, 9.17) is 9.47 Å². The molecule has 0 aliphatic carbocycles. The first-order valence-electron chi connectivity index (χ1n) is 8.95. The monoisotopic (exact) mass is 409 g/mol. The highest BCUT2D eigenvalue weighted by Crippen LogP contribution is 2.42. The van der Waals surface area contributed by atoms with Crippen LogP contribution in [0.5, 0.6) is 0 Å². The van der Waals surface area contributed by atoms with Gasteiger partial charge in [-0.3, -0.25) is 4.79 Å². The van der Waals surface area contributed by atoms with Gasteiger partial charge in [0, 0.05) is 19.1 Å². The number of hydrogen-bond acceptors (Lipinski definition) is 4. The third-order valence-corrected chi connectivity index (χ3v) is 4.36.